The van der Waals surface area contributed by atoms with Gasteiger partial charge in [-0.1, -0.05) is 23.7 Å². The predicted molar refractivity (Wildman–Crippen MR) is 84.5 cm³/mol. The Morgan fingerprint density at radius 3 is 2.67 bits per heavy atom. The number of carbonyl (C=O) groups is 2. The molecule has 0 saturated heterocycles. The molecule has 0 spiro atoms. The van der Waals surface area contributed by atoms with E-state index in [1.54, 1.807) is 31.2 Å². The van der Waals surface area contributed by atoms with Crippen LogP contribution in [0.4, 0.5) is 5.00 Å². The van der Waals surface area contributed by atoms with Crippen molar-refractivity contribution in [3.05, 3.63) is 50.9 Å². The average molecular weight is 324 g/mol. The lowest BCUT2D eigenvalue weighted by molar-refractivity contribution is -0.115. The molecule has 0 aliphatic carbocycles. The first-order valence-corrected chi connectivity index (χ1v) is 7.45. The number of aryl methyl sites for hydroxylation is 1. The van der Waals surface area contributed by atoms with Crippen LogP contribution in [0.2, 0.25) is 5.02 Å². The van der Waals surface area contributed by atoms with E-state index < -0.39 is 5.97 Å². The highest BCUT2D eigenvalue weighted by atomic mass is 35.5. The van der Waals surface area contributed by atoms with Crippen LogP contribution in [0.3, 0.4) is 0 Å². The van der Waals surface area contributed by atoms with E-state index in [1.807, 2.05) is 6.92 Å². The highest BCUT2D eigenvalue weighted by Gasteiger charge is 2.20. The number of aromatic carboxylic acids is 1. The Kier molecular flexibility index (Phi) is 4.65. The SMILES string of the molecule is Cc1sc(NC(=O)Cc2cccc(Cl)c2)c(C(=O)O)c1C. The summed E-state index contributed by atoms with van der Waals surface area (Å²) >= 11 is 7.14. The molecule has 4 nitrogen and oxygen atoms in total. The number of amides is 1. The van der Waals surface area contributed by atoms with Gasteiger partial charge in [0.05, 0.1) is 12.0 Å². The van der Waals surface area contributed by atoms with Crippen LogP contribution in [0.5, 0.6) is 0 Å². The normalized spacial score (nSPS) is 10.4. The summed E-state index contributed by atoms with van der Waals surface area (Å²) in [5, 5.41) is 12.9. The average Bonchev–Trinajstić information content (AvgIpc) is 2.64. The molecule has 0 saturated carbocycles. The van der Waals surface area contributed by atoms with Gasteiger partial charge in [0.1, 0.15) is 5.00 Å². The predicted octanol–water partition coefficient (Wildman–Crippen LogP) is 3.90. The first-order valence-electron chi connectivity index (χ1n) is 6.26. The molecule has 0 radical (unpaired) electrons. The molecule has 0 aliphatic heterocycles. The maximum absolute atomic E-state index is 12.0. The first kappa shape index (κ1) is 15.5. The number of carboxylic acid groups (broad SMARTS) is 1. The number of carbonyl (C=O) groups excluding carboxylic acids is 1. The summed E-state index contributed by atoms with van der Waals surface area (Å²) in [7, 11) is 0. The van der Waals surface area contributed by atoms with Gasteiger partial charge in [0.15, 0.2) is 0 Å². The highest BCUT2D eigenvalue weighted by molar-refractivity contribution is 7.16. The Morgan fingerprint density at radius 1 is 1.33 bits per heavy atom. The largest absolute Gasteiger partial charge is 0.478 e. The molecule has 2 aromatic rings. The maximum Gasteiger partial charge on any atom is 0.338 e. The molecule has 0 bridgehead atoms. The minimum atomic E-state index is -1.03. The van der Waals surface area contributed by atoms with Crippen molar-refractivity contribution in [2.45, 2.75) is 20.3 Å². The zero-order valence-corrected chi connectivity index (χ0v) is 13.1. The fourth-order valence-corrected chi connectivity index (χ4v) is 3.26. The van der Waals surface area contributed by atoms with Crippen LogP contribution in [-0.4, -0.2) is 17.0 Å². The summed E-state index contributed by atoms with van der Waals surface area (Å²) in [5.74, 6) is -1.30. The molecule has 1 aromatic heterocycles. The van der Waals surface area contributed by atoms with Crippen LogP contribution < -0.4 is 5.32 Å². The van der Waals surface area contributed by atoms with E-state index in [4.69, 9.17) is 11.6 Å². The van der Waals surface area contributed by atoms with Crippen molar-refractivity contribution in [3.63, 3.8) is 0 Å². The summed E-state index contributed by atoms with van der Waals surface area (Å²) in [5.41, 5.74) is 1.63. The number of rotatable bonds is 4. The van der Waals surface area contributed by atoms with Gasteiger partial charge in [0.25, 0.3) is 0 Å². The van der Waals surface area contributed by atoms with Crippen molar-refractivity contribution in [1.29, 1.82) is 0 Å². The first-order chi connectivity index (χ1) is 9.88. The number of thiophene rings is 1. The van der Waals surface area contributed by atoms with Crippen LogP contribution in [-0.2, 0) is 11.2 Å². The third kappa shape index (κ3) is 3.62. The minimum Gasteiger partial charge on any atom is -0.478 e. The zero-order chi connectivity index (χ0) is 15.6. The van der Waals surface area contributed by atoms with Gasteiger partial charge in [-0.2, -0.15) is 0 Å². The van der Waals surface area contributed by atoms with E-state index in [0.717, 1.165) is 10.4 Å². The number of halogens is 1. The lowest BCUT2D eigenvalue weighted by Crippen LogP contribution is -2.15. The van der Waals surface area contributed by atoms with Gasteiger partial charge in [-0.15, -0.1) is 11.3 Å². The van der Waals surface area contributed by atoms with E-state index in [1.165, 1.54) is 11.3 Å². The summed E-state index contributed by atoms with van der Waals surface area (Å²) in [6.45, 7) is 3.57. The Hall–Kier alpha value is -1.85. The molecule has 110 valence electrons. The number of hydrogen-bond donors (Lipinski definition) is 2. The van der Waals surface area contributed by atoms with E-state index in [0.29, 0.717) is 15.6 Å². The Balaban J connectivity index is 2.17. The number of benzene rings is 1. The van der Waals surface area contributed by atoms with Crippen LogP contribution in [0.25, 0.3) is 0 Å². The number of nitrogens with one attached hydrogen (secondary N) is 1. The molecule has 1 heterocycles. The van der Waals surface area contributed by atoms with Crippen molar-refractivity contribution in [3.8, 4) is 0 Å². The molecule has 2 rings (SSSR count). The minimum absolute atomic E-state index is 0.148. The molecule has 0 unspecified atom stereocenters. The van der Waals surface area contributed by atoms with Gasteiger partial charge in [-0.25, -0.2) is 4.79 Å². The molecule has 0 atom stereocenters. The summed E-state index contributed by atoms with van der Waals surface area (Å²) in [4.78, 5) is 24.2. The van der Waals surface area contributed by atoms with Crippen LogP contribution in [0, 0.1) is 13.8 Å². The second kappa shape index (κ2) is 6.28. The fraction of sp³-hybridized carbons (Fsp3) is 0.200. The van der Waals surface area contributed by atoms with Crippen molar-refractivity contribution >= 4 is 39.8 Å². The van der Waals surface area contributed by atoms with Crippen molar-refractivity contribution in [2.24, 2.45) is 0 Å². The van der Waals surface area contributed by atoms with Crippen molar-refractivity contribution < 1.29 is 14.7 Å². The Labute approximate surface area is 131 Å². The van der Waals surface area contributed by atoms with E-state index in [9.17, 15) is 14.7 Å². The second-order valence-electron chi connectivity index (χ2n) is 4.65. The maximum atomic E-state index is 12.0. The van der Waals surface area contributed by atoms with Crippen LogP contribution in [0.15, 0.2) is 24.3 Å². The summed E-state index contributed by atoms with van der Waals surface area (Å²) < 4.78 is 0. The van der Waals surface area contributed by atoms with Gasteiger partial charge >= 0.3 is 5.97 Å². The van der Waals surface area contributed by atoms with Crippen molar-refractivity contribution in [1.82, 2.24) is 0 Å². The third-order valence-corrected chi connectivity index (χ3v) is 4.46. The number of carboxylic acids is 1. The van der Waals surface area contributed by atoms with Crippen LogP contribution in [0.1, 0.15) is 26.4 Å². The number of anilines is 1. The van der Waals surface area contributed by atoms with Crippen LogP contribution >= 0.6 is 22.9 Å². The molecule has 1 amide bonds. The highest BCUT2D eigenvalue weighted by Crippen LogP contribution is 2.32. The zero-order valence-electron chi connectivity index (χ0n) is 11.6. The smallest absolute Gasteiger partial charge is 0.338 e. The molecule has 2 N–H and O–H groups in total. The van der Waals surface area contributed by atoms with E-state index >= 15 is 0 Å². The summed E-state index contributed by atoms with van der Waals surface area (Å²) in [6.07, 6.45) is 0.148. The molecular weight excluding hydrogens is 310 g/mol. The lowest BCUT2D eigenvalue weighted by Gasteiger charge is -2.05. The quantitative estimate of drug-likeness (QED) is 0.896. The lowest BCUT2D eigenvalue weighted by atomic mass is 10.1. The molecule has 6 heteroatoms. The molecule has 0 fully saturated rings. The van der Waals surface area contributed by atoms with Gasteiger partial charge in [-0.05, 0) is 37.1 Å². The molecule has 0 aliphatic rings. The number of hydrogen-bond acceptors (Lipinski definition) is 3. The fourth-order valence-electron chi connectivity index (χ4n) is 1.98. The third-order valence-electron chi connectivity index (χ3n) is 3.11. The monoisotopic (exact) mass is 323 g/mol. The van der Waals surface area contributed by atoms with E-state index in [2.05, 4.69) is 5.32 Å². The van der Waals surface area contributed by atoms with Gasteiger partial charge in [0.2, 0.25) is 5.91 Å². The topological polar surface area (TPSA) is 66.4 Å². The standard InChI is InChI=1S/C15H14ClNO3S/c1-8-9(2)21-14(13(8)15(19)20)17-12(18)7-10-4-3-5-11(16)6-10/h3-6H,7H2,1-2H3,(H,17,18)(H,19,20). The molecule has 21 heavy (non-hydrogen) atoms. The van der Waals surface area contributed by atoms with Crippen molar-refractivity contribution in [2.75, 3.05) is 5.32 Å². The summed E-state index contributed by atoms with van der Waals surface area (Å²) in [6, 6.07) is 7.02. The second-order valence-corrected chi connectivity index (χ2v) is 6.31. The molecular formula is C15H14ClNO3S. The van der Waals surface area contributed by atoms with E-state index in [-0.39, 0.29) is 17.9 Å². The van der Waals surface area contributed by atoms with Gasteiger partial charge < -0.3 is 10.4 Å². The molecule has 1 aromatic carbocycles. The van der Waals surface area contributed by atoms with Gasteiger partial charge in [-0.3, -0.25) is 4.79 Å². The Bertz CT molecular complexity index is 709. The van der Waals surface area contributed by atoms with Gasteiger partial charge in [0, 0.05) is 9.90 Å². The Morgan fingerprint density at radius 2 is 2.05 bits per heavy atom.